The van der Waals surface area contributed by atoms with E-state index in [4.69, 9.17) is 0 Å². The van der Waals surface area contributed by atoms with E-state index in [1.54, 1.807) is 0 Å². The topological polar surface area (TPSA) is 15.3 Å². The largest absolute Gasteiger partial charge is 0.319 e. The summed E-state index contributed by atoms with van der Waals surface area (Å²) in [7, 11) is 2.09. The fourth-order valence-electron chi connectivity index (χ4n) is 4.03. The van der Waals surface area contributed by atoms with Gasteiger partial charge in [0.25, 0.3) is 0 Å². The smallest absolute Gasteiger partial charge is 0.0196 e. The Labute approximate surface area is 107 Å². The summed E-state index contributed by atoms with van der Waals surface area (Å²) < 4.78 is 0. The van der Waals surface area contributed by atoms with Crippen LogP contribution in [-0.4, -0.2) is 36.6 Å². The van der Waals surface area contributed by atoms with Crippen molar-refractivity contribution in [3.8, 4) is 0 Å². The van der Waals surface area contributed by atoms with Gasteiger partial charge in [0, 0.05) is 11.6 Å². The van der Waals surface area contributed by atoms with Gasteiger partial charge in [-0.1, -0.05) is 19.3 Å². The van der Waals surface area contributed by atoms with Crippen molar-refractivity contribution in [3.63, 3.8) is 0 Å². The monoisotopic (exact) mass is 238 g/mol. The number of hydrogen-bond acceptors (Lipinski definition) is 2. The molecule has 1 saturated heterocycles. The number of likely N-dealkylation sites (tertiary alicyclic amines) is 1. The van der Waals surface area contributed by atoms with Gasteiger partial charge in [0.05, 0.1) is 0 Å². The van der Waals surface area contributed by atoms with E-state index in [1.807, 2.05) is 0 Å². The maximum Gasteiger partial charge on any atom is 0.0196 e. The van der Waals surface area contributed by atoms with Gasteiger partial charge in [0.15, 0.2) is 0 Å². The standard InChI is InChI=1S/C15H30N2/c1-15(2)13(12-16-3)8-7-11-17(15)14-9-5-4-6-10-14/h13-14,16H,4-12H2,1-3H3. The van der Waals surface area contributed by atoms with Crippen LogP contribution in [0.2, 0.25) is 0 Å². The molecule has 0 spiro atoms. The summed E-state index contributed by atoms with van der Waals surface area (Å²) in [5, 5.41) is 3.39. The molecule has 0 aromatic carbocycles. The van der Waals surface area contributed by atoms with Gasteiger partial charge in [-0.05, 0) is 65.6 Å². The quantitative estimate of drug-likeness (QED) is 0.813. The molecule has 1 aliphatic heterocycles. The summed E-state index contributed by atoms with van der Waals surface area (Å²) in [4.78, 5) is 2.84. The first kappa shape index (κ1) is 13.4. The van der Waals surface area contributed by atoms with Crippen molar-refractivity contribution in [2.24, 2.45) is 5.92 Å². The van der Waals surface area contributed by atoms with E-state index in [0.717, 1.165) is 12.0 Å². The maximum atomic E-state index is 3.39. The molecule has 0 bridgehead atoms. The summed E-state index contributed by atoms with van der Waals surface area (Å²) in [5.41, 5.74) is 0.392. The van der Waals surface area contributed by atoms with E-state index in [0.29, 0.717) is 5.54 Å². The minimum absolute atomic E-state index is 0.392. The minimum atomic E-state index is 0.392. The third-order valence-corrected chi connectivity index (χ3v) is 5.16. The lowest BCUT2D eigenvalue weighted by Crippen LogP contribution is -2.59. The molecule has 1 unspecified atom stereocenters. The second kappa shape index (κ2) is 5.71. The molecule has 2 fully saturated rings. The molecular formula is C15H30N2. The zero-order chi connectivity index (χ0) is 12.3. The SMILES string of the molecule is CNCC1CCCN(C2CCCCC2)C1(C)C. The molecule has 1 aliphatic carbocycles. The summed E-state index contributed by atoms with van der Waals surface area (Å²) in [5.74, 6) is 0.822. The van der Waals surface area contributed by atoms with Crippen LogP contribution in [0.4, 0.5) is 0 Å². The Bertz CT molecular complexity index is 229. The average Bonchev–Trinajstić information content (AvgIpc) is 2.33. The highest BCUT2D eigenvalue weighted by Gasteiger charge is 2.41. The van der Waals surface area contributed by atoms with Gasteiger partial charge in [-0.25, -0.2) is 0 Å². The molecule has 0 amide bonds. The third-order valence-electron chi connectivity index (χ3n) is 5.16. The molecule has 2 nitrogen and oxygen atoms in total. The molecule has 1 atom stereocenters. The van der Waals surface area contributed by atoms with Crippen LogP contribution in [0.15, 0.2) is 0 Å². The number of rotatable bonds is 3. The van der Waals surface area contributed by atoms with Crippen molar-refractivity contribution in [3.05, 3.63) is 0 Å². The molecule has 100 valence electrons. The van der Waals surface area contributed by atoms with Crippen LogP contribution in [0.5, 0.6) is 0 Å². The molecule has 0 aromatic heterocycles. The van der Waals surface area contributed by atoms with Crippen LogP contribution < -0.4 is 5.32 Å². The first-order valence-corrected chi connectivity index (χ1v) is 7.57. The maximum absolute atomic E-state index is 3.39. The normalized spacial score (nSPS) is 31.6. The van der Waals surface area contributed by atoms with Gasteiger partial charge in [-0.3, -0.25) is 4.90 Å². The van der Waals surface area contributed by atoms with Gasteiger partial charge in [0.1, 0.15) is 0 Å². The van der Waals surface area contributed by atoms with Crippen LogP contribution in [0, 0.1) is 5.92 Å². The van der Waals surface area contributed by atoms with Gasteiger partial charge >= 0.3 is 0 Å². The number of nitrogens with zero attached hydrogens (tertiary/aromatic N) is 1. The lowest BCUT2D eigenvalue weighted by Gasteiger charge is -2.52. The van der Waals surface area contributed by atoms with E-state index >= 15 is 0 Å². The fraction of sp³-hybridized carbons (Fsp3) is 1.00. The zero-order valence-electron chi connectivity index (χ0n) is 12.0. The summed E-state index contributed by atoms with van der Waals surface area (Å²) in [6, 6.07) is 0.874. The van der Waals surface area contributed by atoms with E-state index in [9.17, 15) is 0 Å². The van der Waals surface area contributed by atoms with Crippen molar-refractivity contribution in [1.82, 2.24) is 10.2 Å². The molecule has 0 aromatic rings. The third kappa shape index (κ3) is 2.85. The van der Waals surface area contributed by atoms with Gasteiger partial charge < -0.3 is 5.32 Å². The second-order valence-corrected chi connectivity index (χ2v) is 6.54. The Hall–Kier alpha value is -0.0800. The number of hydrogen-bond donors (Lipinski definition) is 1. The Morgan fingerprint density at radius 1 is 1.06 bits per heavy atom. The molecule has 2 heteroatoms. The highest BCUT2D eigenvalue weighted by Crippen LogP contribution is 2.37. The van der Waals surface area contributed by atoms with Crippen molar-refractivity contribution in [2.75, 3.05) is 20.1 Å². The summed E-state index contributed by atoms with van der Waals surface area (Å²) >= 11 is 0. The van der Waals surface area contributed by atoms with Gasteiger partial charge in [-0.2, -0.15) is 0 Å². The highest BCUT2D eigenvalue weighted by molar-refractivity contribution is 4.96. The summed E-state index contributed by atoms with van der Waals surface area (Å²) in [6.45, 7) is 7.46. The van der Waals surface area contributed by atoms with E-state index < -0.39 is 0 Å². The summed E-state index contributed by atoms with van der Waals surface area (Å²) in [6.07, 6.45) is 10.0. The van der Waals surface area contributed by atoms with Gasteiger partial charge in [0.2, 0.25) is 0 Å². The molecule has 17 heavy (non-hydrogen) atoms. The molecule has 2 aliphatic rings. The molecule has 1 N–H and O–H groups in total. The Kier molecular flexibility index (Phi) is 4.48. The first-order valence-electron chi connectivity index (χ1n) is 7.57. The fourth-order valence-corrected chi connectivity index (χ4v) is 4.03. The lowest BCUT2D eigenvalue weighted by molar-refractivity contribution is -0.0225. The number of nitrogens with one attached hydrogen (secondary N) is 1. The van der Waals surface area contributed by atoms with Crippen LogP contribution in [0.25, 0.3) is 0 Å². The van der Waals surface area contributed by atoms with Crippen LogP contribution in [0.3, 0.4) is 0 Å². The van der Waals surface area contributed by atoms with Crippen molar-refractivity contribution in [1.29, 1.82) is 0 Å². The predicted octanol–water partition coefficient (Wildman–Crippen LogP) is 3.03. The minimum Gasteiger partial charge on any atom is -0.319 e. The highest BCUT2D eigenvalue weighted by atomic mass is 15.2. The van der Waals surface area contributed by atoms with E-state index in [-0.39, 0.29) is 0 Å². The number of piperidine rings is 1. The molecule has 0 radical (unpaired) electrons. The van der Waals surface area contributed by atoms with Crippen LogP contribution >= 0.6 is 0 Å². The Balaban J connectivity index is 2.04. The Morgan fingerprint density at radius 3 is 2.41 bits per heavy atom. The zero-order valence-corrected chi connectivity index (χ0v) is 12.0. The van der Waals surface area contributed by atoms with Crippen molar-refractivity contribution < 1.29 is 0 Å². The molecular weight excluding hydrogens is 208 g/mol. The van der Waals surface area contributed by atoms with Crippen LogP contribution in [0.1, 0.15) is 58.8 Å². The average molecular weight is 238 g/mol. The lowest BCUT2D eigenvalue weighted by atomic mass is 9.76. The van der Waals surface area contributed by atoms with Crippen LogP contribution in [-0.2, 0) is 0 Å². The Morgan fingerprint density at radius 2 is 1.76 bits per heavy atom. The van der Waals surface area contributed by atoms with E-state index in [1.165, 1.54) is 58.0 Å². The molecule has 1 heterocycles. The predicted molar refractivity (Wildman–Crippen MR) is 74.3 cm³/mol. The van der Waals surface area contributed by atoms with Crippen molar-refractivity contribution >= 4 is 0 Å². The van der Waals surface area contributed by atoms with Crippen molar-refractivity contribution in [2.45, 2.75) is 70.4 Å². The van der Waals surface area contributed by atoms with Gasteiger partial charge in [-0.15, -0.1) is 0 Å². The second-order valence-electron chi connectivity index (χ2n) is 6.54. The molecule has 1 saturated carbocycles. The molecule has 2 rings (SSSR count). The van der Waals surface area contributed by atoms with E-state index in [2.05, 4.69) is 31.1 Å². The first-order chi connectivity index (χ1) is 8.16.